The first-order valence-electron chi connectivity index (χ1n) is 27.3. The minimum atomic E-state index is -0.486. The van der Waals surface area contributed by atoms with Gasteiger partial charge in [-0.25, -0.2) is 4.98 Å². The van der Waals surface area contributed by atoms with Crippen molar-refractivity contribution >= 4 is 57.1 Å². The van der Waals surface area contributed by atoms with Crippen LogP contribution in [0.3, 0.4) is 0 Å². The van der Waals surface area contributed by atoms with Gasteiger partial charge in [-0.15, -0.1) is 0 Å². The number of benzene rings is 1. The molecule has 73 heavy (non-hydrogen) atoms. The first-order chi connectivity index (χ1) is 35.0. The molecule has 0 saturated carbocycles. The van der Waals surface area contributed by atoms with Gasteiger partial charge in [-0.05, 0) is 130 Å². The van der Waals surface area contributed by atoms with Crippen molar-refractivity contribution in [1.82, 2.24) is 25.3 Å². The van der Waals surface area contributed by atoms with E-state index in [1.165, 1.54) is 57.6 Å². The predicted molar refractivity (Wildman–Crippen MR) is 301 cm³/mol. The molecule has 2 aliphatic heterocycles. The Hall–Kier alpha value is -6.03. The fourth-order valence-corrected chi connectivity index (χ4v) is 10.8. The number of hydrogen-bond donors (Lipinski definition) is 3. The number of carbonyl (C=O) groups is 3. The number of aromatic nitrogens is 4. The second kappa shape index (κ2) is 26.8. The maximum absolute atomic E-state index is 14.6. The number of nitrogens with one attached hydrogen (secondary N) is 3. The molecule has 4 atom stereocenters. The number of ether oxygens (including phenoxy) is 2. The van der Waals surface area contributed by atoms with Crippen molar-refractivity contribution in [2.45, 2.75) is 171 Å². The largest absolute Gasteiger partial charge is 0.469 e. The number of hydrogen-bond acceptors (Lipinski definition) is 7. The molecule has 0 aliphatic carbocycles. The molecule has 3 aromatic heterocycles. The molecule has 392 valence electrons. The number of amides is 1. The zero-order valence-corrected chi connectivity index (χ0v) is 46.1. The maximum Gasteiger partial charge on any atom is 0.310 e. The lowest BCUT2D eigenvalue weighted by atomic mass is 9.84. The minimum absolute atomic E-state index is 0.141. The van der Waals surface area contributed by atoms with Gasteiger partial charge in [0.15, 0.2) is 0 Å². The van der Waals surface area contributed by atoms with Crippen LogP contribution >= 0.6 is 0 Å². The summed E-state index contributed by atoms with van der Waals surface area (Å²) >= 11 is 0. The van der Waals surface area contributed by atoms with Crippen LogP contribution < -0.4 is 5.32 Å². The molecule has 10 heteroatoms. The number of methoxy groups -OCH3 is 1. The molecule has 3 N–H and O–H groups in total. The summed E-state index contributed by atoms with van der Waals surface area (Å²) in [5.74, 6) is 0.738. The third kappa shape index (κ3) is 14.8. The molecular weight excluding hydrogens is 907 g/mol. The van der Waals surface area contributed by atoms with Gasteiger partial charge in [0, 0.05) is 63.7 Å². The smallest absolute Gasteiger partial charge is 0.310 e. The fourth-order valence-electron chi connectivity index (χ4n) is 10.8. The Morgan fingerprint density at radius 2 is 1.48 bits per heavy atom. The zero-order valence-electron chi connectivity index (χ0n) is 46.1. The van der Waals surface area contributed by atoms with Crippen LogP contribution in [-0.4, -0.2) is 58.0 Å². The molecule has 4 unspecified atom stereocenters. The molecule has 6 rings (SSSR count). The van der Waals surface area contributed by atoms with Gasteiger partial charge in [0.25, 0.3) is 5.91 Å². The SMILES string of the molecule is C=Cc1c(C)c2cc3nc(c(CC(=O)OC)c4nc(cc5[nH]c(cc1[nH]2)c(C)c5CC)C(C)=C4C(=O)NCCc1ccccc1)C(CCC(=O)OCC=C(C)CCCC(C)CCCC(C)CCCC(C)C)C3C. The van der Waals surface area contributed by atoms with E-state index in [1.54, 1.807) is 0 Å². The van der Waals surface area contributed by atoms with E-state index in [1.807, 2.05) is 55.5 Å². The lowest BCUT2D eigenvalue weighted by Gasteiger charge is -2.19. The van der Waals surface area contributed by atoms with Crippen molar-refractivity contribution in [3.8, 4) is 0 Å². The number of rotatable bonds is 25. The van der Waals surface area contributed by atoms with Crippen molar-refractivity contribution in [3.05, 3.63) is 123 Å². The van der Waals surface area contributed by atoms with E-state index in [0.717, 1.165) is 86.7 Å². The van der Waals surface area contributed by atoms with Crippen LogP contribution in [0.2, 0.25) is 0 Å². The number of allylic oxidation sites excluding steroid dienone is 2. The summed E-state index contributed by atoms with van der Waals surface area (Å²) in [6.07, 6.45) is 16.9. The predicted octanol–water partition coefficient (Wildman–Crippen LogP) is 14.7. The quantitative estimate of drug-likeness (QED) is 0.0444. The van der Waals surface area contributed by atoms with Gasteiger partial charge in [0.2, 0.25) is 0 Å². The molecule has 0 spiro atoms. The van der Waals surface area contributed by atoms with Gasteiger partial charge in [-0.2, -0.15) is 0 Å². The summed E-state index contributed by atoms with van der Waals surface area (Å²) < 4.78 is 11.2. The summed E-state index contributed by atoms with van der Waals surface area (Å²) in [6, 6.07) is 16.3. The molecular formula is C63H85N5O5. The first-order valence-corrected chi connectivity index (χ1v) is 27.3. The maximum atomic E-state index is 14.6. The Balaban J connectivity index is 1.31. The highest BCUT2D eigenvalue weighted by Gasteiger charge is 2.36. The minimum Gasteiger partial charge on any atom is -0.469 e. The Morgan fingerprint density at radius 1 is 0.808 bits per heavy atom. The van der Waals surface area contributed by atoms with Crippen LogP contribution in [0.5, 0.6) is 0 Å². The molecule has 0 fully saturated rings. The van der Waals surface area contributed by atoms with E-state index in [4.69, 9.17) is 19.4 Å². The number of esters is 2. The summed E-state index contributed by atoms with van der Waals surface area (Å²) in [7, 11) is 1.36. The Labute approximate surface area is 436 Å². The molecule has 4 aromatic rings. The molecule has 1 aromatic carbocycles. The van der Waals surface area contributed by atoms with Crippen molar-refractivity contribution in [2.75, 3.05) is 20.3 Å². The second-order valence-electron chi connectivity index (χ2n) is 21.6. The summed E-state index contributed by atoms with van der Waals surface area (Å²) in [4.78, 5) is 59.9. The number of H-pyrrole nitrogens is 2. The second-order valence-corrected chi connectivity index (χ2v) is 21.6. The lowest BCUT2D eigenvalue weighted by Crippen LogP contribution is -2.27. The summed E-state index contributed by atoms with van der Waals surface area (Å²) in [6.45, 7) is 26.7. The van der Waals surface area contributed by atoms with Crippen LogP contribution in [0.1, 0.15) is 194 Å². The van der Waals surface area contributed by atoms with Gasteiger partial charge < -0.3 is 24.8 Å². The van der Waals surface area contributed by atoms with Crippen molar-refractivity contribution in [1.29, 1.82) is 0 Å². The van der Waals surface area contributed by atoms with E-state index in [2.05, 4.69) is 96.3 Å². The summed E-state index contributed by atoms with van der Waals surface area (Å²) in [5, 5.41) is 3.18. The lowest BCUT2D eigenvalue weighted by molar-refractivity contribution is -0.143. The molecule has 10 nitrogen and oxygen atoms in total. The highest BCUT2D eigenvalue weighted by molar-refractivity contribution is 6.27. The van der Waals surface area contributed by atoms with E-state index in [0.29, 0.717) is 59.1 Å². The molecule has 2 aliphatic rings. The number of fused-ring (bicyclic) bond motifs is 8. The number of aromatic amines is 2. The third-order valence-electron chi connectivity index (χ3n) is 15.5. The van der Waals surface area contributed by atoms with Crippen LogP contribution in [0, 0.1) is 31.6 Å². The topological polar surface area (TPSA) is 139 Å². The van der Waals surface area contributed by atoms with Crippen LogP contribution in [-0.2, 0) is 43.1 Å². The molecule has 5 heterocycles. The highest BCUT2D eigenvalue weighted by atomic mass is 16.5. The Morgan fingerprint density at radius 3 is 2.15 bits per heavy atom. The van der Waals surface area contributed by atoms with Crippen molar-refractivity contribution < 1.29 is 23.9 Å². The highest BCUT2D eigenvalue weighted by Crippen LogP contribution is 2.44. The summed E-state index contributed by atoms with van der Waals surface area (Å²) in [5.41, 5.74) is 14.2. The van der Waals surface area contributed by atoms with Gasteiger partial charge in [-0.1, -0.05) is 135 Å². The third-order valence-corrected chi connectivity index (χ3v) is 15.5. The average Bonchev–Trinajstić information content (AvgIpc) is 4.05. The Kier molecular flexibility index (Phi) is 20.6. The fraction of sp³-hybridized carbons (Fsp3) is 0.508. The standard InChI is InChI=1S/C63H85N5O5/c1-13-48-43(8)52-36-54-45(10)50(29-30-58(69)73-34-32-42(7)26-20-25-41(6)24-19-23-40(5)22-18-21-39(3)4)61(67-54)51(35-59(70)72-12)62-60(63(71)64-33-31-47-27-16-15-17-28-47)46(11)55(68-62)38-57-49(14-2)44(9)53(66-57)37-56(48)65-52/h13,15-17,27-28,32,36-41,45,50,65-66H,1,14,18-26,29-31,33-35H2,2-12H3,(H,64,71). The first kappa shape index (κ1) is 56.3. The zero-order chi connectivity index (χ0) is 52.8. The van der Waals surface area contributed by atoms with Gasteiger partial charge >= 0.3 is 11.9 Å². The number of carbonyl (C=O) groups excluding carboxylic acids is 3. The molecule has 0 saturated heterocycles. The van der Waals surface area contributed by atoms with Crippen molar-refractivity contribution in [3.63, 3.8) is 0 Å². The van der Waals surface area contributed by atoms with Gasteiger partial charge in [0.05, 0.1) is 36.2 Å². The van der Waals surface area contributed by atoms with E-state index < -0.39 is 5.97 Å². The van der Waals surface area contributed by atoms with Crippen LogP contribution in [0.4, 0.5) is 0 Å². The number of nitrogens with zero attached hydrogens (tertiary/aromatic N) is 2. The van der Waals surface area contributed by atoms with E-state index in [9.17, 15) is 14.4 Å². The van der Waals surface area contributed by atoms with Crippen molar-refractivity contribution in [2.24, 2.45) is 17.8 Å². The molecule has 0 radical (unpaired) electrons. The van der Waals surface area contributed by atoms with Gasteiger partial charge in [-0.3, -0.25) is 19.4 Å². The number of aryl methyl sites for hydroxylation is 3. The molecule has 8 bridgehead atoms. The average molecular weight is 992 g/mol. The molecule has 1 amide bonds. The van der Waals surface area contributed by atoms with Crippen LogP contribution in [0.25, 0.3) is 39.3 Å². The van der Waals surface area contributed by atoms with Crippen LogP contribution in [0.15, 0.2) is 66.8 Å². The monoisotopic (exact) mass is 992 g/mol. The van der Waals surface area contributed by atoms with E-state index >= 15 is 0 Å². The normalized spacial score (nSPS) is 15.6. The van der Waals surface area contributed by atoms with Gasteiger partial charge in [0.1, 0.15) is 6.61 Å². The Bertz CT molecular complexity index is 2810. The van der Waals surface area contributed by atoms with E-state index in [-0.39, 0.29) is 43.2 Å².